The summed E-state index contributed by atoms with van der Waals surface area (Å²) in [6.07, 6.45) is 5.27. The molecule has 4 aromatic rings. The molecule has 0 radical (unpaired) electrons. The van der Waals surface area contributed by atoms with Crippen LogP contribution in [0, 0.1) is 0 Å². The first-order chi connectivity index (χ1) is 15.6. The highest BCUT2D eigenvalue weighted by Gasteiger charge is 2.19. The minimum Gasteiger partial charge on any atom is -0.494 e. The second-order valence-electron chi connectivity index (χ2n) is 7.68. The second kappa shape index (κ2) is 8.39. The van der Waals surface area contributed by atoms with Crippen molar-refractivity contribution in [3.05, 3.63) is 58.6 Å². The monoisotopic (exact) mass is 433 g/mol. The molecule has 1 saturated heterocycles. The summed E-state index contributed by atoms with van der Waals surface area (Å²) < 4.78 is 14.3. The van der Waals surface area contributed by atoms with Crippen molar-refractivity contribution in [3.8, 4) is 17.1 Å². The highest BCUT2D eigenvalue weighted by atomic mass is 16.5. The summed E-state index contributed by atoms with van der Waals surface area (Å²) in [5, 5.41) is 9.25. The molecule has 1 aliphatic rings. The Morgan fingerprint density at radius 1 is 1.19 bits per heavy atom. The largest absolute Gasteiger partial charge is 0.494 e. The van der Waals surface area contributed by atoms with E-state index in [2.05, 4.69) is 20.3 Å². The third-order valence-electron chi connectivity index (χ3n) is 5.68. The van der Waals surface area contributed by atoms with Gasteiger partial charge in [0.2, 0.25) is 5.95 Å². The van der Waals surface area contributed by atoms with Crippen LogP contribution < -0.4 is 16.0 Å². The number of benzene rings is 1. The summed E-state index contributed by atoms with van der Waals surface area (Å²) in [4.78, 5) is 21.7. The molecule has 1 fully saturated rings. The molecule has 32 heavy (non-hydrogen) atoms. The van der Waals surface area contributed by atoms with Gasteiger partial charge in [0.1, 0.15) is 22.7 Å². The Kier molecular flexibility index (Phi) is 5.28. The summed E-state index contributed by atoms with van der Waals surface area (Å²) in [6.45, 7) is 1.65. The van der Waals surface area contributed by atoms with E-state index >= 15 is 0 Å². The Labute approximate surface area is 183 Å². The number of nitrogens with two attached hydrogens (primary N) is 1. The molecule has 0 unspecified atom stereocenters. The first-order valence-corrected chi connectivity index (χ1v) is 10.4. The van der Waals surface area contributed by atoms with Gasteiger partial charge in [-0.3, -0.25) is 4.79 Å². The van der Waals surface area contributed by atoms with Gasteiger partial charge in [0.15, 0.2) is 0 Å². The molecular weight excluding hydrogens is 410 g/mol. The minimum absolute atomic E-state index is 0.0158. The van der Waals surface area contributed by atoms with E-state index in [1.165, 1.54) is 0 Å². The molecule has 10 nitrogen and oxygen atoms in total. The van der Waals surface area contributed by atoms with Crippen LogP contribution in [0.2, 0.25) is 0 Å². The summed E-state index contributed by atoms with van der Waals surface area (Å²) in [5.74, 6) is 0.720. The van der Waals surface area contributed by atoms with Crippen LogP contribution in [0.1, 0.15) is 24.4 Å². The minimum atomic E-state index is -0.0158. The normalized spacial score (nSPS) is 14.7. The zero-order chi connectivity index (χ0) is 22.1. The lowest BCUT2D eigenvalue weighted by molar-refractivity contribution is 0.0685. The molecule has 2 N–H and O–H groups in total. The molecule has 0 spiro atoms. The van der Waals surface area contributed by atoms with Crippen LogP contribution in [-0.2, 0) is 11.3 Å². The Morgan fingerprint density at radius 3 is 2.84 bits per heavy atom. The molecule has 164 valence electrons. The van der Waals surface area contributed by atoms with Crippen LogP contribution in [0.25, 0.3) is 22.3 Å². The molecule has 4 heterocycles. The molecule has 10 heteroatoms. The third kappa shape index (κ3) is 3.69. The lowest BCUT2D eigenvalue weighted by Crippen LogP contribution is -2.31. The molecule has 1 aromatic carbocycles. The molecule has 0 aliphatic carbocycles. The van der Waals surface area contributed by atoms with E-state index in [9.17, 15) is 4.79 Å². The number of aromatic nitrogens is 6. The van der Waals surface area contributed by atoms with Crippen molar-refractivity contribution in [1.29, 1.82) is 0 Å². The fourth-order valence-electron chi connectivity index (χ4n) is 4.09. The standard InChI is InChI=1S/C22H23N7O3/c1-31-18-6-2-5-16-19(24-22(23)25-20(16)18)17-13-28(27-26-17)12-14-4-3-9-29(21(14)30)15-7-10-32-11-8-15/h2-6,9,13,15H,7-8,10-12H2,1H3,(H2,23,24,25). The summed E-state index contributed by atoms with van der Waals surface area (Å²) in [6, 6.07) is 9.44. The van der Waals surface area contributed by atoms with E-state index in [1.807, 2.05) is 36.5 Å². The van der Waals surface area contributed by atoms with E-state index in [0.29, 0.717) is 48.0 Å². The first-order valence-electron chi connectivity index (χ1n) is 10.4. The number of para-hydroxylation sites is 1. The van der Waals surface area contributed by atoms with E-state index in [4.69, 9.17) is 15.2 Å². The molecule has 0 atom stereocenters. The lowest BCUT2D eigenvalue weighted by Gasteiger charge is -2.24. The average molecular weight is 433 g/mol. The SMILES string of the molecule is COc1cccc2c(-c3cn(Cc4cccn(C5CCOCC5)c4=O)nn3)nc(N)nc12. The van der Waals surface area contributed by atoms with Crippen molar-refractivity contribution in [1.82, 2.24) is 29.5 Å². The summed E-state index contributed by atoms with van der Waals surface area (Å²) in [7, 11) is 1.58. The van der Waals surface area contributed by atoms with Gasteiger partial charge in [0.05, 0.1) is 19.9 Å². The Hall–Kier alpha value is -3.79. The number of anilines is 1. The topological polar surface area (TPSA) is 123 Å². The van der Waals surface area contributed by atoms with Crippen LogP contribution in [0.15, 0.2) is 47.5 Å². The second-order valence-corrected chi connectivity index (χ2v) is 7.68. The number of pyridine rings is 1. The van der Waals surface area contributed by atoms with Gasteiger partial charge >= 0.3 is 0 Å². The Bertz CT molecular complexity index is 1320. The zero-order valence-corrected chi connectivity index (χ0v) is 17.6. The molecule has 5 rings (SSSR count). The van der Waals surface area contributed by atoms with Gasteiger partial charge in [-0.25, -0.2) is 14.6 Å². The zero-order valence-electron chi connectivity index (χ0n) is 17.6. The molecule has 0 bridgehead atoms. The number of fused-ring (bicyclic) bond motifs is 1. The number of nitrogen functional groups attached to an aromatic ring is 1. The fourth-order valence-corrected chi connectivity index (χ4v) is 4.09. The third-order valence-corrected chi connectivity index (χ3v) is 5.68. The first kappa shape index (κ1) is 20.1. The van der Waals surface area contributed by atoms with Gasteiger partial charge in [-0.15, -0.1) is 5.10 Å². The quantitative estimate of drug-likeness (QED) is 0.507. The van der Waals surface area contributed by atoms with Gasteiger partial charge in [-0.05, 0) is 25.0 Å². The van der Waals surface area contributed by atoms with Gasteiger partial charge in [0, 0.05) is 36.4 Å². The smallest absolute Gasteiger partial charge is 0.255 e. The highest BCUT2D eigenvalue weighted by molar-refractivity contribution is 5.95. The number of ether oxygens (including phenoxy) is 2. The summed E-state index contributed by atoms with van der Waals surface area (Å²) in [5.41, 5.74) is 8.27. The van der Waals surface area contributed by atoms with E-state index in [1.54, 1.807) is 22.6 Å². The van der Waals surface area contributed by atoms with Gasteiger partial charge in [-0.1, -0.05) is 23.4 Å². The molecule has 0 saturated carbocycles. The number of rotatable bonds is 5. The average Bonchev–Trinajstić information content (AvgIpc) is 3.28. The number of nitrogens with zero attached hydrogens (tertiary/aromatic N) is 6. The van der Waals surface area contributed by atoms with Crippen LogP contribution in [0.3, 0.4) is 0 Å². The van der Waals surface area contributed by atoms with Crippen LogP contribution in [-0.4, -0.2) is 49.9 Å². The van der Waals surface area contributed by atoms with E-state index < -0.39 is 0 Å². The van der Waals surface area contributed by atoms with Crippen molar-refractivity contribution in [2.45, 2.75) is 25.4 Å². The predicted octanol–water partition coefficient (Wildman–Crippen LogP) is 2.04. The Morgan fingerprint density at radius 2 is 2.03 bits per heavy atom. The van der Waals surface area contributed by atoms with E-state index in [-0.39, 0.29) is 17.5 Å². The van der Waals surface area contributed by atoms with Crippen molar-refractivity contribution in [2.75, 3.05) is 26.1 Å². The molecule has 1 aliphatic heterocycles. The van der Waals surface area contributed by atoms with Crippen LogP contribution in [0.5, 0.6) is 5.75 Å². The number of hydrogen-bond donors (Lipinski definition) is 1. The maximum atomic E-state index is 13.0. The Balaban J connectivity index is 1.48. The predicted molar refractivity (Wildman–Crippen MR) is 118 cm³/mol. The molecule has 0 amide bonds. The van der Waals surface area contributed by atoms with Crippen LogP contribution in [0.4, 0.5) is 5.95 Å². The van der Waals surface area contributed by atoms with Crippen molar-refractivity contribution in [2.24, 2.45) is 0 Å². The number of hydrogen-bond acceptors (Lipinski definition) is 8. The number of methoxy groups -OCH3 is 1. The summed E-state index contributed by atoms with van der Waals surface area (Å²) >= 11 is 0. The van der Waals surface area contributed by atoms with Gasteiger partial charge in [0.25, 0.3) is 5.56 Å². The van der Waals surface area contributed by atoms with Crippen molar-refractivity contribution < 1.29 is 9.47 Å². The van der Waals surface area contributed by atoms with Crippen molar-refractivity contribution >= 4 is 16.9 Å². The maximum Gasteiger partial charge on any atom is 0.255 e. The maximum absolute atomic E-state index is 13.0. The van der Waals surface area contributed by atoms with Crippen molar-refractivity contribution in [3.63, 3.8) is 0 Å². The molecular formula is C22H23N7O3. The molecule has 3 aromatic heterocycles. The highest BCUT2D eigenvalue weighted by Crippen LogP contribution is 2.30. The van der Waals surface area contributed by atoms with Gasteiger partial charge in [-0.2, -0.15) is 0 Å². The van der Waals surface area contributed by atoms with Gasteiger partial charge < -0.3 is 19.8 Å². The van der Waals surface area contributed by atoms with Crippen LogP contribution >= 0.6 is 0 Å². The van der Waals surface area contributed by atoms with E-state index in [0.717, 1.165) is 18.2 Å². The fraction of sp³-hybridized carbons (Fsp3) is 0.318. The lowest BCUT2D eigenvalue weighted by atomic mass is 10.1.